The van der Waals surface area contributed by atoms with E-state index in [1.165, 1.54) is 57.8 Å². The number of ketones is 1. The number of carbonyl (C=O) groups excluding carboxylic acids is 2. The van der Waals surface area contributed by atoms with Crippen LogP contribution < -0.4 is 0 Å². The predicted molar refractivity (Wildman–Crippen MR) is 201 cm³/mol. The lowest BCUT2D eigenvalue weighted by molar-refractivity contribution is -0.407. The Labute approximate surface area is 319 Å². The highest BCUT2D eigenvalue weighted by molar-refractivity contribution is 6.05. The summed E-state index contributed by atoms with van der Waals surface area (Å²) in [6, 6.07) is 8.61. The van der Waals surface area contributed by atoms with Crippen molar-refractivity contribution in [2.75, 3.05) is 6.61 Å². The van der Waals surface area contributed by atoms with Gasteiger partial charge in [-0.1, -0.05) is 121 Å². The number of epoxide rings is 1. The number of fused-ring (bicyclic) bond motifs is 3. The van der Waals surface area contributed by atoms with Crippen molar-refractivity contribution in [3.8, 4) is 0 Å². The Balaban J connectivity index is 1.20. The SMILES string of the molecule is C=C(C)[C@@]12O[C@@]3(C=CC=CCCCCCCCCCCCC)O[C@@H]1[C@@H]1[C@@H]4O[C@]4(CO)[C@@H](O)[C@]4(O)C(=O)C(C)=C[C@H]4[C@@]1(O3)[C@H](C)[C@H]2OC(=O)c1ccccc1. The summed E-state index contributed by atoms with van der Waals surface area (Å²) < 4.78 is 33.5. The molecular weight excluding hydrogens is 688 g/mol. The van der Waals surface area contributed by atoms with Gasteiger partial charge in [-0.25, -0.2) is 4.79 Å². The molecule has 0 radical (unpaired) electrons. The third-order valence-electron chi connectivity index (χ3n) is 13.3. The second-order valence-electron chi connectivity index (χ2n) is 16.6. The smallest absolute Gasteiger partial charge is 0.338 e. The Morgan fingerprint density at radius 3 is 2.28 bits per heavy atom. The molecule has 294 valence electrons. The van der Waals surface area contributed by atoms with E-state index in [1.54, 1.807) is 62.4 Å². The van der Waals surface area contributed by atoms with Crippen LogP contribution in [-0.2, 0) is 28.5 Å². The first kappa shape index (κ1) is 39.3. The van der Waals surface area contributed by atoms with Crippen molar-refractivity contribution in [2.45, 2.75) is 151 Å². The van der Waals surface area contributed by atoms with Gasteiger partial charge < -0.3 is 39.0 Å². The molecule has 3 bridgehead atoms. The first-order valence-corrected chi connectivity index (χ1v) is 20.2. The highest BCUT2D eigenvalue weighted by Crippen LogP contribution is 2.73. The second-order valence-corrected chi connectivity index (χ2v) is 16.6. The minimum atomic E-state index is -2.42. The van der Waals surface area contributed by atoms with Crippen LogP contribution in [0.1, 0.15) is 109 Å². The summed E-state index contributed by atoms with van der Waals surface area (Å²) in [6.07, 6.45) is 18.1. The number of Topliss-reactive ketones (excluding diaryl/α,β-unsaturated/α-hetero) is 1. The van der Waals surface area contributed by atoms with Gasteiger partial charge in [0.25, 0.3) is 0 Å². The molecule has 0 unspecified atom stereocenters. The van der Waals surface area contributed by atoms with Gasteiger partial charge in [0.2, 0.25) is 0 Å². The molecule has 1 aromatic carbocycles. The van der Waals surface area contributed by atoms with Gasteiger partial charge in [0, 0.05) is 23.8 Å². The first-order chi connectivity index (χ1) is 25.9. The maximum Gasteiger partial charge on any atom is 0.338 e. The summed E-state index contributed by atoms with van der Waals surface area (Å²) in [4.78, 5) is 27.8. The van der Waals surface area contributed by atoms with E-state index in [0.717, 1.165) is 12.8 Å². The molecule has 6 aliphatic rings. The zero-order valence-electron chi connectivity index (χ0n) is 32.2. The van der Waals surface area contributed by atoms with Crippen LogP contribution in [0.3, 0.4) is 0 Å². The molecule has 3 saturated heterocycles. The number of hydrogen-bond acceptors (Lipinski definition) is 10. The molecule has 12 atom stereocenters. The van der Waals surface area contributed by atoms with Crippen molar-refractivity contribution in [1.29, 1.82) is 0 Å². The van der Waals surface area contributed by atoms with Gasteiger partial charge in [0.05, 0.1) is 17.8 Å². The molecule has 3 N–H and O–H groups in total. The minimum Gasteiger partial charge on any atom is -0.455 e. The zero-order chi connectivity index (χ0) is 38.5. The van der Waals surface area contributed by atoms with E-state index >= 15 is 0 Å². The summed E-state index contributed by atoms with van der Waals surface area (Å²) in [7, 11) is 0. The van der Waals surface area contributed by atoms with Crippen LogP contribution in [0.4, 0.5) is 0 Å². The van der Waals surface area contributed by atoms with Crippen LogP contribution in [0.2, 0.25) is 0 Å². The summed E-state index contributed by atoms with van der Waals surface area (Å²) in [5.41, 5.74) is -6.02. The Morgan fingerprint density at radius 2 is 1.63 bits per heavy atom. The van der Waals surface area contributed by atoms with E-state index in [4.69, 9.17) is 23.7 Å². The Kier molecular flexibility index (Phi) is 10.8. The predicted octanol–water partition coefficient (Wildman–Crippen LogP) is 6.44. The quantitative estimate of drug-likeness (QED) is 0.0536. The lowest BCUT2D eigenvalue weighted by Gasteiger charge is -2.61. The molecule has 54 heavy (non-hydrogen) atoms. The number of allylic oxidation sites excluding steroid dienone is 3. The molecule has 10 heteroatoms. The summed E-state index contributed by atoms with van der Waals surface area (Å²) in [5.74, 6) is -5.82. The molecule has 7 rings (SSSR count). The first-order valence-electron chi connectivity index (χ1n) is 20.2. The normalized spacial score (nSPS) is 41.4. The molecule has 0 aromatic heterocycles. The van der Waals surface area contributed by atoms with Gasteiger partial charge in [-0.2, -0.15) is 0 Å². The summed E-state index contributed by atoms with van der Waals surface area (Å²) in [5, 5.41) is 35.1. The summed E-state index contributed by atoms with van der Waals surface area (Å²) >= 11 is 0. The van der Waals surface area contributed by atoms with Gasteiger partial charge in [-0.3, -0.25) is 4.79 Å². The fraction of sp³-hybridized carbons (Fsp3) is 0.636. The lowest BCUT2D eigenvalue weighted by atomic mass is 9.53. The van der Waals surface area contributed by atoms with Crippen molar-refractivity contribution in [3.05, 3.63) is 84.0 Å². The number of unbranched alkanes of at least 4 members (excludes halogenated alkanes) is 10. The minimum absolute atomic E-state index is 0.242. The third-order valence-corrected chi connectivity index (χ3v) is 13.3. The van der Waals surface area contributed by atoms with Crippen LogP contribution >= 0.6 is 0 Å². The highest BCUT2D eigenvalue weighted by Gasteiger charge is 2.90. The van der Waals surface area contributed by atoms with Crippen molar-refractivity contribution in [3.63, 3.8) is 0 Å². The maximum atomic E-state index is 13.9. The molecule has 3 aliphatic carbocycles. The molecule has 3 aliphatic heterocycles. The number of esters is 1. The molecule has 0 amide bonds. The topological polar surface area (TPSA) is 144 Å². The van der Waals surface area contributed by atoms with Gasteiger partial charge in [0.1, 0.15) is 30.0 Å². The zero-order valence-corrected chi connectivity index (χ0v) is 32.2. The van der Waals surface area contributed by atoms with Crippen molar-refractivity contribution < 1.29 is 48.6 Å². The average molecular weight is 747 g/mol. The van der Waals surface area contributed by atoms with Crippen LogP contribution in [0, 0.1) is 17.8 Å². The number of ether oxygens (including phenoxy) is 5. The van der Waals surface area contributed by atoms with Gasteiger partial charge in [0.15, 0.2) is 17.0 Å². The monoisotopic (exact) mass is 746 g/mol. The molecular formula is C44H58O10. The molecule has 1 aromatic rings. The molecule has 3 heterocycles. The van der Waals surface area contributed by atoms with E-state index in [1.807, 2.05) is 13.0 Å². The van der Waals surface area contributed by atoms with E-state index in [2.05, 4.69) is 19.6 Å². The van der Waals surface area contributed by atoms with Crippen LogP contribution in [0.15, 0.2) is 78.4 Å². The van der Waals surface area contributed by atoms with Crippen molar-refractivity contribution in [1.82, 2.24) is 0 Å². The molecule has 2 saturated carbocycles. The number of rotatable bonds is 17. The number of aliphatic hydroxyl groups is 3. The van der Waals surface area contributed by atoms with Crippen LogP contribution in [-0.4, -0.2) is 86.5 Å². The molecule has 10 nitrogen and oxygen atoms in total. The number of aliphatic hydroxyl groups excluding tert-OH is 2. The highest BCUT2D eigenvalue weighted by atomic mass is 16.9. The molecule has 5 fully saturated rings. The lowest BCUT2D eigenvalue weighted by Crippen LogP contribution is -2.76. The third kappa shape index (κ3) is 5.85. The number of carbonyl (C=O) groups is 2. The van der Waals surface area contributed by atoms with Crippen molar-refractivity contribution in [2.24, 2.45) is 17.8 Å². The van der Waals surface area contributed by atoms with Gasteiger partial charge in [-0.15, -0.1) is 0 Å². The largest absolute Gasteiger partial charge is 0.455 e. The Morgan fingerprint density at radius 1 is 0.963 bits per heavy atom. The fourth-order valence-electron chi connectivity index (χ4n) is 10.5. The van der Waals surface area contributed by atoms with Crippen LogP contribution in [0.25, 0.3) is 0 Å². The maximum absolute atomic E-state index is 13.9. The molecule has 0 spiro atoms. The average Bonchev–Trinajstić information content (AvgIpc) is 3.79. The van der Waals surface area contributed by atoms with E-state index < -0.39 is 88.9 Å². The van der Waals surface area contributed by atoms with Gasteiger partial charge >= 0.3 is 11.9 Å². The van der Waals surface area contributed by atoms with E-state index in [0.29, 0.717) is 11.1 Å². The summed E-state index contributed by atoms with van der Waals surface area (Å²) in [6.45, 7) is 11.1. The Hall–Kier alpha value is -2.96. The van der Waals surface area contributed by atoms with Gasteiger partial charge in [-0.05, 0) is 50.0 Å². The second kappa shape index (κ2) is 14.8. The Bertz CT molecular complexity index is 1690. The number of benzene rings is 1. The fourth-order valence-corrected chi connectivity index (χ4v) is 10.5. The van der Waals surface area contributed by atoms with Crippen molar-refractivity contribution >= 4 is 11.8 Å². The van der Waals surface area contributed by atoms with Crippen LogP contribution in [0.5, 0.6) is 0 Å². The number of hydrogen-bond donors (Lipinski definition) is 3. The standard InChI is InChI=1S/C44H58O10/c1-6-7-8-9-10-11-12-13-14-15-16-17-18-22-25-41-52-37-33-36-40(27-45,51-36)39(48)42(49)32(26-29(4)34(42)46)44(33,54-41)30(5)35(43(37,53-41)28(2)3)50-38(47)31-23-20-19-21-24-31/h17-26,30,32-33,35-37,39,45,48-49H,2,6-16,27H2,1,3-5H3/t30-,32-,33+,35-,36+,37-,39-,40+,41-,42-,43+,44+/m1/s1. The van der Waals surface area contributed by atoms with E-state index in [-0.39, 0.29) is 5.57 Å². The van der Waals surface area contributed by atoms with E-state index in [9.17, 15) is 24.9 Å².